The lowest BCUT2D eigenvalue weighted by Crippen LogP contribution is -2.53. The van der Waals surface area contributed by atoms with Gasteiger partial charge in [0.25, 0.3) is 0 Å². The van der Waals surface area contributed by atoms with Gasteiger partial charge in [-0.1, -0.05) is 33.6 Å². The monoisotopic (exact) mass is 374 g/mol. The van der Waals surface area contributed by atoms with Crippen molar-refractivity contribution in [2.45, 2.75) is 97.8 Å². The quantitative estimate of drug-likeness (QED) is 0.517. The molecule has 2 nitrogen and oxygen atoms in total. The number of carbonyl (C=O) groups is 1. The van der Waals surface area contributed by atoms with Gasteiger partial charge in [0.2, 0.25) is 0 Å². The summed E-state index contributed by atoms with van der Waals surface area (Å²) in [6.45, 7) is 7.73. The smallest absolute Gasteiger partial charge is 0.305 e. The van der Waals surface area contributed by atoms with Crippen molar-refractivity contribution in [3.8, 4) is 0 Å². The minimum absolute atomic E-state index is 0.0335. The number of carbonyl (C=O) groups excluding carboxylic acids is 1. The van der Waals surface area contributed by atoms with Crippen molar-refractivity contribution >= 4 is 5.97 Å². The number of esters is 1. The largest absolute Gasteiger partial charge is 0.469 e. The molecular formula is C25H42O2. The van der Waals surface area contributed by atoms with E-state index in [1.807, 2.05) is 0 Å². The predicted molar refractivity (Wildman–Crippen MR) is 110 cm³/mol. The Labute approximate surface area is 167 Å². The molecule has 4 aliphatic carbocycles. The Kier molecular flexibility index (Phi) is 5.40. The average Bonchev–Trinajstić information content (AvgIpc) is 3.02. The summed E-state index contributed by atoms with van der Waals surface area (Å²) in [5, 5.41) is 0. The van der Waals surface area contributed by atoms with Gasteiger partial charge in [-0.05, 0) is 104 Å². The van der Waals surface area contributed by atoms with Crippen molar-refractivity contribution in [1.82, 2.24) is 0 Å². The van der Waals surface area contributed by atoms with E-state index in [2.05, 4.69) is 20.8 Å². The fourth-order valence-corrected chi connectivity index (χ4v) is 8.92. The van der Waals surface area contributed by atoms with Gasteiger partial charge >= 0.3 is 5.97 Å². The Bertz CT molecular complexity index is 557. The van der Waals surface area contributed by atoms with Gasteiger partial charge in [-0.3, -0.25) is 4.79 Å². The third-order valence-electron chi connectivity index (χ3n) is 10.4. The first kappa shape index (κ1) is 19.8. The van der Waals surface area contributed by atoms with E-state index in [0.717, 1.165) is 36.0 Å². The van der Waals surface area contributed by atoms with E-state index in [4.69, 9.17) is 4.74 Å². The lowest BCUT2D eigenvalue weighted by atomic mass is 9.44. The SMILES string of the molecule is COC(=O)CC[C@@H](C)C1CC[C@H]2C3CC[C@@H]4CCCCC4(C)[C@H]3CCC12C. The van der Waals surface area contributed by atoms with Gasteiger partial charge in [-0.25, -0.2) is 0 Å². The number of hydrogen-bond acceptors (Lipinski definition) is 2. The van der Waals surface area contributed by atoms with Crippen LogP contribution >= 0.6 is 0 Å². The van der Waals surface area contributed by atoms with Gasteiger partial charge in [0.05, 0.1) is 7.11 Å². The summed E-state index contributed by atoms with van der Waals surface area (Å²) in [7, 11) is 1.52. The van der Waals surface area contributed by atoms with E-state index in [1.165, 1.54) is 71.3 Å². The zero-order valence-corrected chi connectivity index (χ0v) is 18.3. The van der Waals surface area contributed by atoms with E-state index < -0.39 is 0 Å². The van der Waals surface area contributed by atoms with Crippen LogP contribution in [0.4, 0.5) is 0 Å². The Morgan fingerprint density at radius 3 is 2.52 bits per heavy atom. The maximum Gasteiger partial charge on any atom is 0.305 e. The van der Waals surface area contributed by atoms with Crippen LogP contribution in [0.1, 0.15) is 97.8 Å². The molecule has 0 radical (unpaired) electrons. The summed E-state index contributed by atoms with van der Waals surface area (Å²) in [6, 6.07) is 0. The van der Waals surface area contributed by atoms with Gasteiger partial charge < -0.3 is 4.74 Å². The molecule has 0 amide bonds. The van der Waals surface area contributed by atoms with Crippen LogP contribution in [0.5, 0.6) is 0 Å². The third kappa shape index (κ3) is 3.18. The van der Waals surface area contributed by atoms with Gasteiger partial charge in [0, 0.05) is 6.42 Å². The number of fused-ring (bicyclic) bond motifs is 5. The third-order valence-corrected chi connectivity index (χ3v) is 10.4. The molecule has 0 aromatic carbocycles. The van der Waals surface area contributed by atoms with Crippen molar-refractivity contribution in [3.05, 3.63) is 0 Å². The van der Waals surface area contributed by atoms with E-state index in [9.17, 15) is 4.79 Å². The second kappa shape index (κ2) is 7.38. The van der Waals surface area contributed by atoms with Gasteiger partial charge in [-0.15, -0.1) is 0 Å². The fourth-order valence-electron chi connectivity index (χ4n) is 8.92. The molecule has 4 aliphatic rings. The summed E-state index contributed by atoms with van der Waals surface area (Å²) in [6.07, 6.45) is 16.4. The van der Waals surface area contributed by atoms with Crippen molar-refractivity contribution < 1.29 is 9.53 Å². The molecule has 0 aromatic rings. The van der Waals surface area contributed by atoms with Crippen LogP contribution in [-0.2, 0) is 9.53 Å². The van der Waals surface area contributed by atoms with E-state index >= 15 is 0 Å². The van der Waals surface area contributed by atoms with E-state index in [0.29, 0.717) is 23.2 Å². The second-order valence-corrected chi connectivity index (χ2v) is 11.2. The molecule has 0 N–H and O–H groups in total. The summed E-state index contributed by atoms with van der Waals surface area (Å²) in [4.78, 5) is 11.6. The first-order valence-electron chi connectivity index (χ1n) is 12.0. The molecular weight excluding hydrogens is 332 g/mol. The number of hydrogen-bond donors (Lipinski definition) is 0. The Morgan fingerprint density at radius 1 is 0.963 bits per heavy atom. The maximum absolute atomic E-state index is 11.6. The average molecular weight is 375 g/mol. The molecule has 2 heteroatoms. The number of rotatable bonds is 4. The first-order valence-corrected chi connectivity index (χ1v) is 12.0. The molecule has 4 unspecified atom stereocenters. The van der Waals surface area contributed by atoms with Crippen LogP contribution in [0.2, 0.25) is 0 Å². The molecule has 4 rings (SSSR count). The van der Waals surface area contributed by atoms with Crippen LogP contribution in [0, 0.1) is 46.3 Å². The van der Waals surface area contributed by atoms with Crippen LogP contribution in [-0.4, -0.2) is 13.1 Å². The second-order valence-electron chi connectivity index (χ2n) is 11.2. The molecule has 4 fully saturated rings. The summed E-state index contributed by atoms with van der Waals surface area (Å²) < 4.78 is 4.89. The first-order chi connectivity index (χ1) is 12.9. The normalized spacial score (nSPS) is 47.5. The molecule has 0 heterocycles. The van der Waals surface area contributed by atoms with Crippen molar-refractivity contribution in [2.75, 3.05) is 7.11 Å². The van der Waals surface area contributed by atoms with Crippen LogP contribution in [0.3, 0.4) is 0 Å². The van der Waals surface area contributed by atoms with Crippen LogP contribution < -0.4 is 0 Å². The zero-order chi connectivity index (χ0) is 19.2. The van der Waals surface area contributed by atoms with Crippen LogP contribution in [0.25, 0.3) is 0 Å². The molecule has 0 bridgehead atoms. The summed E-state index contributed by atoms with van der Waals surface area (Å²) >= 11 is 0. The van der Waals surface area contributed by atoms with Crippen LogP contribution in [0.15, 0.2) is 0 Å². The predicted octanol–water partition coefficient (Wildman–Crippen LogP) is 6.62. The molecule has 154 valence electrons. The molecule has 27 heavy (non-hydrogen) atoms. The Morgan fingerprint density at radius 2 is 1.74 bits per heavy atom. The van der Waals surface area contributed by atoms with Gasteiger partial charge in [0.15, 0.2) is 0 Å². The standard InChI is InChI=1S/C25H42O2/c1-17(8-13-23(26)27-4)20-11-12-21-19-10-9-18-7-5-6-15-24(18,2)22(19)14-16-25(20,21)3/h17-22H,5-16H2,1-4H3/t17-,18+,19?,20?,21+,22+,24?,25?/m1/s1. The lowest BCUT2D eigenvalue weighted by Gasteiger charge is -2.61. The highest BCUT2D eigenvalue weighted by Crippen LogP contribution is 2.68. The molecule has 8 atom stereocenters. The minimum Gasteiger partial charge on any atom is -0.469 e. The van der Waals surface area contributed by atoms with Crippen molar-refractivity contribution in [3.63, 3.8) is 0 Å². The highest BCUT2D eigenvalue weighted by molar-refractivity contribution is 5.69. The molecule has 4 saturated carbocycles. The molecule has 0 spiro atoms. The molecule has 0 aliphatic heterocycles. The summed E-state index contributed by atoms with van der Waals surface area (Å²) in [5.74, 6) is 5.38. The van der Waals surface area contributed by atoms with Gasteiger partial charge in [-0.2, -0.15) is 0 Å². The molecule has 0 saturated heterocycles. The highest BCUT2D eigenvalue weighted by Gasteiger charge is 2.60. The van der Waals surface area contributed by atoms with Crippen molar-refractivity contribution in [1.29, 1.82) is 0 Å². The Hall–Kier alpha value is -0.530. The Balaban J connectivity index is 1.49. The number of methoxy groups -OCH3 is 1. The number of ether oxygens (including phenoxy) is 1. The highest BCUT2D eigenvalue weighted by atomic mass is 16.5. The fraction of sp³-hybridized carbons (Fsp3) is 0.960. The molecule has 0 aromatic heterocycles. The topological polar surface area (TPSA) is 26.3 Å². The van der Waals surface area contributed by atoms with Crippen molar-refractivity contribution in [2.24, 2.45) is 46.3 Å². The summed E-state index contributed by atoms with van der Waals surface area (Å²) in [5.41, 5.74) is 1.17. The van der Waals surface area contributed by atoms with Gasteiger partial charge in [0.1, 0.15) is 0 Å². The zero-order valence-electron chi connectivity index (χ0n) is 18.3. The maximum atomic E-state index is 11.6. The van der Waals surface area contributed by atoms with E-state index in [1.54, 1.807) is 0 Å². The minimum atomic E-state index is -0.0335. The lowest BCUT2D eigenvalue weighted by molar-refractivity contribution is -0.141. The van der Waals surface area contributed by atoms with E-state index in [-0.39, 0.29) is 5.97 Å².